The van der Waals surface area contributed by atoms with Crippen molar-refractivity contribution in [1.29, 1.82) is 5.26 Å². The van der Waals surface area contributed by atoms with Crippen molar-refractivity contribution in [2.75, 3.05) is 7.11 Å². The van der Waals surface area contributed by atoms with Gasteiger partial charge in [0.1, 0.15) is 35.1 Å². The minimum Gasteiger partial charge on any atom is -0.495 e. The molecule has 4 rings (SSSR count). The number of benzene rings is 2. The van der Waals surface area contributed by atoms with E-state index in [1.54, 1.807) is 13.3 Å². The van der Waals surface area contributed by atoms with E-state index in [0.717, 1.165) is 11.1 Å². The molecule has 2 heterocycles. The zero-order chi connectivity index (χ0) is 17.2. The fourth-order valence-electron chi connectivity index (χ4n) is 2.84. The number of ether oxygens (including phenoxy) is 1. The number of aromatic amines is 1. The number of hydrogen-bond acceptors (Lipinski definition) is 5. The van der Waals surface area contributed by atoms with E-state index >= 15 is 0 Å². The van der Waals surface area contributed by atoms with Gasteiger partial charge in [-0.25, -0.2) is 15.0 Å². The van der Waals surface area contributed by atoms with Crippen LogP contribution in [0, 0.1) is 11.3 Å². The molecule has 0 unspecified atom stereocenters. The van der Waals surface area contributed by atoms with Crippen molar-refractivity contribution < 1.29 is 4.74 Å². The van der Waals surface area contributed by atoms with Crippen LogP contribution in [0.2, 0.25) is 0 Å². The lowest BCUT2D eigenvalue weighted by atomic mass is 9.97. The Morgan fingerprint density at radius 3 is 2.60 bits per heavy atom. The molecule has 2 aromatic heterocycles. The molecule has 0 saturated heterocycles. The third-order valence-corrected chi connectivity index (χ3v) is 3.98. The number of nitrogens with zero attached hydrogens (tertiary/aromatic N) is 4. The summed E-state index contributed by atoms with van der Waals surface area (Å²) in [6.07, 6.45) is 3.09. The second-order valence-corrected chi connectivity index (χ2v) is 5.39. The molecule has 0 aliphatic heterocycles. The molecule has 4 aromatic rings. The Morgan fingerprint density at radius 1 is 1.08 bits per heavy atom. The highest BCUT2D eigenvalue weighted by Gasteiger charge is 2.18. The second-order valence-electron chi connectivity index (χ2n) is 5.39. The number of H-pyrrole nitrogens is 1. The molecule has 0 amide bonds. The SMILES string of the molecule is COc1c(-c2ccccc2)ccc(-c2nc3ncncc3[nH]2)c1C#N. The van der Waals surface area contributed by atoms with Gasteiger partial charge in [-0.15, -0.1) is 0 Å². The van der Waals surface area contributed by atoms with Gasteiger partial charge in [-0.3, -0.25) is 0 Å². The average molecular weight is 327 g/mol. The first-order valence-corrected chi connectivity index (χ1v) is 7.64. The van der Waals surface area contributed by atoms with Crippen molar-refractivity contribution in [2.24, 2.45) is 0 Å². The van der Waals surface area contributed by atoms with Crippen LogP contribution in [0.25, 0.3) is 33.7 Å². The predicted octanol–water partition coefficient (Wildman–Crippen LogP) is 3.57. The first-order chi connectivity index (χ1) is 12.3. The van der Waals surface area contributed by atoms with Gasteiger partial charge < -0.3 is 9.72 Å². The summed E-state index contributed by atoms with van der Waals surface area (Å²) in [5, 5.41) is 9.74. The number of rotatable bonds is 3. The summed E-state index contributed by atoms with van der Waals surface area (Å²) < 4.78 is 5.57. The van der Waals surface area contributed by atoms with E-state index in [4.69, 9.17) is 4.74 Å². The quantitative estimate of drug-likeness (QED) is 0.621. The van der Waals surface area contributed by atoms with E-state index in [0.29, 0.717) is 33.9 Å². The molecule has 0 bridgehead atoms. The topological polar surface area (TPSA) is 87.5 Å². The first kappa shape index (κ1) is 14.8. The molecule has 0 aliphatic carbocycles. The molecule has 1 N–H and O–H groups in total. The van der Waals surface area contributed by atoms with E-state index in [1.807, 2.05) is 42.5 Å². The van der Waals surface area contributed by atoms with Crippen molar-refractivity contribution >= 4 is 11.2 Å². The molecule has 0 atom stereocenters. The zero-order valence-electron chi connectivity index (χ0n) is 13.4. The average Bonchev–Trinajstić information content (AvgIpc) is 3.11. The molecule has 6 nitrogen and oxygen atoms in total. The van der Waals surface area contributed by atoms with Gasteiger partial charge in [0.2, 0.25) is 0 Å². The Kier molecular flexibility index (Phi) is 3.60. The Morgan fingerprint density at radius 2 is 1.88 bits per heavy atom. The van der Waals surface area contributed by atoms with Gasteiger partial charge >= 0.3 is 0 Å². The molecule has 6 heteroatoms. The number of aromatic nitrogens is 4. The Balaban J connectivity index is 1.94. The molecular weight excluding hydrogens is 314 g/mol. The fourth-order valence-corrected chi connectivity index (χ4v) is 2.84. The third-order valence-electron chi connectivity index (χ3n) is 3.98. The van der Waals surface area contributed by atoms with Crippen LogP contribution in [-0.4, -0.2) is 27.0 Å². The molecule has 2 aromatic carbocycles. The lowest BCUT2D eigenvalue weighted by Crippen LogP contribution is -1.96. The van der Waals surface area contributed by atoms with Crippen LogP contribution in [-0.2, 0) is 0 Å². The number of fused-ring (bicyclic) bond motifs is 1. The van der Waals surface area contributed by atoms with Crippen molar-refractivity contribution in [3.8, 4) is 34.3 Å². The Hall–Kier alpha value is -3.72. The van der Waals surface area contributed by atoms with Gasteiger partial charge in [0.25, 0.3) is 0 Å². The Bertz CT molecular complexity index is 1060. The van der Waals surface area contributed by atoms with Gasteiger partial charge in [0.15, 0.2) is 5.65 Å². The minimum atomic E-state index is 0.427. The highest BCUT2D eigenvalue weighted by molar-refractivity contribution is 5.83. The van der Waals surface area contributed by atoms with Crippen molar-refractivity contribution in [2.45, 2.75) is 0 Å². The normalized spacial score (nSPS) is 10.6. The molecule has 0 saturated carbocycles. The summed E-state index contributed by atoms with van der Waals surface area (Å²) in [4.78, 5) is 15.7. The molecular formula is C19H13N5O. The highest BCUT2D eigenvalue weighted by Crippen LogP contribution is 2.38. The van der Waals surface area contributed by atoms with Crippen LogP contribution in [0.3, 0.4) is 0 Å². The van der Waals surface area contributed by atoms with Crippen LogP contribution < -0.4 is 4.74 Å². The van der Waals surface area contributed by atoms with Crippen LogP contribution in [0.5, 0.6) is 5.75 Å². The number of methoxy groups -OCH3 is 1. The summed E-state index contributed by atoms with van der Waals surface area (Å²) >= 11 is 0. The van der Waals surface area contributed by atoms with Crippen LogP contribution in [0.15, 0.2) is 55.0 Å². The van der Waals surface area contributed by atoms with Crippen LogP contribution >= 0.6 is 0 Å². The summed E-state index contributed by atoms with van der Waals surface area (Å²) in [7, 11) is 1.57. The van der Waals surface area contributed by atoms with Gasteiger partial charge in [-0.05, 0) is 17.7 Å². The zero-order valence-corrected chi connectivity index (χ0v) is 13.4. The monoisotopic (exact) mass is 327 g/mol. The maximum absolute atomic E-state index is 9.74. The smallest absolute Gasteiger partial charge is 0.181 e. The van der Waals surface area contributed by atoms with Crippen molar-refractivity contribution in [1.82, 2.24) is 19.9 Å². The third kappa shape index (κ3) is 2.48. The lowest BCUT2D eigenvalue weighted by Gasteiger charge is -2.13. The standard InChI is InChI=1S/C19H13N5O/c1-25-17-13(12-5-3-2-4-6-12)7-8-14(15(17)9-20)18-23-16-10-21-11-22-19(16)24-18/h2-8,10-11H,1H3,(H,21,22,23,24). The molecule has 120 valence electrons. The second kappa shape index (κ2) is 6.06. The minimum absolute atomic E-state index is 0.427. The largest absolute Gasteiger partial charge is 0.495 e. The maximum atomic E-state index is 9.74. The highest BCUT2D eigenvalue weighted by atomic mass is 16.5. The predicted molar refractivity (Wildman–Crippen MR) is 93.8 cm³/mol. The van der Waals surface area contributed by atoms with Crippen molar-refractivity contribution in [3.63, 3.8) is 0 Å². The van der Waals surface area contributed by atoms with Crippen LogP contribution in [0.4, 0.5) is 0 Å². The van der Waals surface area contributed by atoms with E-state index in [2.05, 4.69) is 26.0 Å². The van der Waals surface area contributed by atoms with Gasteiger partial charge in [-0.2, -0.15) is 5.26 Å². The summed E-state index contributed by atoms with van der Waals surface area (Å²) in [5.41, 5.74) is 4.21. The van der Waals surface area contributed by atoms with Crippen LogP contribution in [0.1, 0.15) is 5.56 Å². The van der Waals surface area contributed by atoms with Gasteiger partial charge in [0.05, 0.1) is 13.3 Å². The number of hydrogen-bond donors (Lipinski definition) is 1. The molecule has 0 radical (unpaired) electrons. The number of nitriles is 1. The van der Waals surface area contributed by atoms with Crippen molar-refractivity contribution in [3.05, 3.63) is 60.6 Å². The molecule has 0 spiro atoms. The lowest BCUT2D eigenvalue weighted by molar-refractivity contribution is 0.415. The summed E-state index contributed by atoms with van der Waals surface area (Å²) in [5.74, 6) is 1.09. The van der Waals surface area contributed by atoms with Gasteiger partial charge in [0, 0.05) is 11.1 Å². The summed E-state index contributed by atoms with van der Waals surface area (Å²) in [6.45, 7) is 0. The van der Waals surface area contributed by atoms with E-state index in [9.17, 15) is 5.26 Å². The Labute approximate surface area is 143 Å². The number of imidazole rings is 1. The van der Waals surface area contributed by atoms with E-state index in [-0.39, 0.29) is 0 Å². The summed E-state index contributed by atoms with van der Waals surface area (Å²) in [6, 6.07) is 15.9. The van der Waals surface area contributed by atoms with E-state index < -0.39 is 0 Å². The molecule has 0 aliphatic rings. The maximum Gasteiger partial charge on any atom is 0.181 e. The number of nitrogens with one attached hydrogen (secondary N) is 1. The first-order valence-electron chi connectivity index (χ1n) is 7.64. The van der Waals surface area contributed by atoms with E-state index in [1.165, 1.54) is 6.33 Å². The molecule has 0 fully saturated rings. The molecule has 25 heavy (non-hydrogen) atoms. The van der Waals surface area contributed by atoms with Gasteiger partial charge in [-0.1, -0.05) is 30.3 Å². The fraction of sp³-hybridized carbons (Fsp3) is 0.0526.